The molecule has 1 aliphatic carbocycles. The molecule has 1 unspecified atom stereocenters. The average Bonchev–Trinajstić information content (AvgIpc) is 3.09. The van der Waals surface area contributed by atoms with Crippen LogP contribution in [0, 0.1) is 5.82 Å². The SMILES string of the molecule is CCOc1ccc(/C(O)=C2\C(=O)C(=O)N(C3CCCCC3)C2c2ccccc2F)cc1C(C)(C)C. The molecule has 1 amide bonds. The zero-order chi connectivity index (χ0) is 25.3. The zero-order valence-corrected chi connectivity index (χ0v) is 20.9. The van der Waals surface area contributed by atoms with Crippen LogP contribution < -0.4 is 4.74 Å². The Hall–Kier alpha value is -3.15. The number of nitrogens with zero attached hydrogens (tertiary/aromatic N) is 1. The third kappa shape index (κ3) is 4.71. The lowest BCUT2D eigenvalue weighted by molar-refractivity contribution is -0.141. The van der Waals surface area contributed by atoms with Crippen LogP contribution in [0.4, 0.5) is 4.39 Å². The normalized spacial score (nSPS) is 20.9. The topological polar surface area (TPSA) is 66.8 Å². The molecule has 0 radical (unpaired) electrons. The van der Waals surface area contributed by atoms with E-state index < -0.39 is 23.5 Å². The molecule has 1 atom stereocenters. The molecule has 186 valence electrons. The van der Waals surface area contributed by atoms with Gasteiger partial charge in [0.15, 0.2) is 0 Å². The summed E-state index contributed by atoms with van der Waals surface area (Å²) >= 11 is 0. The van der Waals surface area contributed by atoms with Crippen molar-refractivity contribution in [3.8, 4) is 5.75 Å². The molecular formula is C29H34FNO4. The number of carbonyl (C=O) groups excluding carboxylic acids is 2. The quantitative estimate of drug-likeness (QED) is 0.312. The van der Waals surface area contributed by atoms with Crippen LogP contribution in [-0.2, 0) is 15.0 Å². The van der Waals surface area contributed by atoms with E-state index in [4.69, 9.17) is 4.74 Å². The van der Waals surface area contributed by atoms with Gasteiger partial charge in [-0.15, -0.1) is 0 Å². The summed E-state index contributed by atoms with van der Waals surface area (Å²) < 4.78 is 20.9. The molecule has 0 bridgehead atoms. The summed E-state index contributed by atoms with van der Waals surface area (Å²) in [7, 11) is 0. The number of aliphatic hydroxyl groups excluding tert-OH is 1. The van der Waals surface area contributed by atoms with E-state index in [0.29, 0.717) is 17.9 Å². The molecule has 1 saturated carbocycles. The molecule has 2 aromatic carbocycles. The standard InChI is InChI=1S/C29H34FNO4/c1-5-35-23-16-15-18(17-21(23)29(2,3)4)26(32)24-25(20-13-9-10-14-22(20)30)31(28(34)27(24)33)19-11-7-6-8-12-19/h9-10,13-17,19,25,32H,5-8,11-12H2,1-4H3/b26-24+. The summed E-state index contributed by atoms with van der Waals surface area (Å²) in [6.07, 6.45) is 4.49. The van der Waals surface area contributed by atoms with Gasteiger partial charge in [0, 0.05) is 22.7 Å². The molecule has 0 spiro atoms. The lowest BCUT2D eigenvalue weighted by Gasteiger charge is -2.35. The second-order valence-corrected chi connectivity index (χ2v) is 10.4. The van der Waals surface area contributed by atoms with E-state index in [-0.39, 0.29) is 28.4 Å². The van der Waals surface area contributed by atoms with E-state index in [9.17, 15) is 14.7 Å². The zero-order valence-electron chi connectivity index (χ0n) is 20.9. The molecule has 0 aromatic heterocycles. The van der Waals surface area contributed by atoms with Crippen molar-refractivity contribution < 1.29 is 23.8 Å². The Balaban J connectivity index is 1.90. The number of hydrogen-bond donors (Lipinski definition) is 1. The fourth-order valence-corrected chi connectivity index (χ4v) is 5.29. The van der Waals surface area contributed by atoms with Gasteiger partial charge in [0.1, 0.15) is 17.3 Å². The number of benzene rings is 2. The Morgan fingerprint density at radius 3 is 2.40 bits per heavy atom. The number of halogens is 1. The molecule has 1 aliphatic heterocycles. The first-order valence-corrected chi connectivity index (χ1v) is 12.5. The predicted octanol–water partition coefficient (Wildman–Crippen LogP) is 6.28. The van der Waals surface area contributed by atoms with Gasteiger partial charge < -0.3 is 14.7 Å². The molecule has 6 heteroatoms. The van der Waals surface area contributed by atoms with Crippen molar-refractivity contribution in [2.75, 3.05) is 6.61 Å². The van der Waals surface area contributed by atoms with Crippen LogP contribution in [-0.4, -0.2) is 34.3 Å². The Morgan fingerprint density at radius 1 is 1.09 bits per heavy atom. The highest BCUT2D eigenvalue weighted by molar-refractivity contribution is 6.46. The monoisotopic (exact) mass is 479 g/mol. The highest BCUT2D eigenvalue weighted by Gasteiger charge is 2.49. The minimum Gasteiger partial charge on any atom is -0.507 e. The molecule has 1 heterocycles. The van der Waals surface area contributed by atoms with Crippen LogP contribution in [0.25, 0.3) is 5.76 Å². The van der Waals surface area contributed by atoms with Crippen molar-refractivity contribution in [1.29, 1.82) is 0 Å². The summed E-state index contributed by atoms with van der Waals surface area (Å²) in [6, 6.07) is 10.3. The van der Waals surface area contributed by atoms with Gasteiger partial charge in [0.2, 0.25) is 0 Å². The average molecular weight is 480 g/mol. The second kappa shape index (κ2) is 9.84. The molecule has 1 N–H and O–H groups in total. The van der Waals surface area contributed by atoms with Crippen LogP contribution in [0.2, 0.25) is 0 Å². The maximum absolute atomic E-state index is 15.1. The smallest absolute Gasteiger partial charge is 0.295 e. The molecule has 5 nitrogen and oxygen atoms in total. The van der Waals surface area contributed by atoms with Crippen LogP contribution in [0.1, 0.15) is 82.5 Å². The number of aliphatic hydroxyl groups is 1. The molecule has 2 aromatic rings. The minimum atomic E-state index is -0.969. The molecule has 2 fully saturated rings. The van der Waals surface area contributed by atoms with E-state index in [2.05, 4.69) is 0 Å². The Bertz CT molecular complexity index is 1160. The number of Topliss-reactive ketones (excluding diaryl/α,β-unsaturated/α-hetero) is 1. The molecular weight excluding hydrogens is 445 g/mol. The fraction of sp³-hybridized carbons (Fsp3) is 0.448. The van der Waals surface area contributed by atoms with Crippen LogP contribution in [0.15, 0.2) is 48.0 Å². The lowest BCUT2D eigenvalue weighted by atomic mass is 9.84. The van der Waals surface area contributed by atoms with Crippen LogP contribution >= 0.6 is 0 Å². The number of amides is 1. The van der Waals surface area contributed by atoms with Crippen molar-refractivity contribution in [2.45, 2.75) is 77.3 Å². The highest BCUT2D eigenvalue weighted by atomic mass is 19.1. The molecule has 2 aliphatic rings. The molecule has 1 saturated heterocycles. The third-order valence-corrected chi connectivity index (χ3v) is 7.01. The largest absolute Gasteiger partial charge is 0.507 e. The van der Waals surface area contributed by atoms with Crippen LogP contribution in [0.3, 0.4) is 0 Å². The van der Waals surface area contributed by atoms with E-state index in [1.807, 2.05) is 27.7 Å². The Morgan fingerprint density at radius 2 is 1.77 bits per heavy atom. The van der Waals surface area contributed by atoms with E-state index in [1.165, 1.54) is 11.0 Å². The van der Waals surface area contributed by atoms with E-state index >= 15 is 4.39 Å². The van der Waals surface area contributed by atoms with Gasteiger partial charge in [0.25, 0.3) is 11.7 Å². The van der Waals surface area contributed by atoms with Crippen molar-refractivity contribution in [1.82, 2.24) is 4.90 Å². The Labute approximate surface area is 206 Å². The van der Waals surface area contributed by atoms with Crippen molar-refractivity contribution >= 4 is 17.4 Å². The number of rotatable bonds is 5. The van der Waals surface area contributed by atoms with Gasteiger partial charge >= 0.3 is 0 Å². The number of hydrogen-bond acceptors (Lipinski definition) is 4. The van der Waals surface area contributed by atoms with E-state index in [0.717, 1.165) is 37.7 Å². The fourth-order valence-electron chi connectivity index (χ4n) is 5.29. The van der Waals surface area contributed by atoms with Gasteiger partial charge in [0.05, 0.1) is 18.2 Å². The second-order valence-electron chi connectivity index (χ2n) is 10.4. The summed E-state index contributed by atoms with van der Waals surface area (Å²) in [5.74, 6) is -1.54. The number of carbonyl (C=O) groups is 2. The third-order valence-electron chi connectivity index (χ3n) is 7.01. The molecule has 4 rings (SSSR count). The highest BCUT2D eigenvalue weighted by Crippen LogP contribution is 2.44. The summed E-state index contributed by atoms with van der Waals surface area (Å²) in [5.41, 5.74) is 1.14. The van der Waals surface area contributed by atoms with Gasteiger partial charge in [-0.05, 0) is 49.4 Å². The van der Waals surface area contributed by atoms with Crippen molar-refractivity contribution in [2.24, 2.45) is 0 Å². The summed E-state index contributed by atoms with van der Waals surface area (Å²) in [4.78, 5) is 28.2. The summed E-state index contributed by atoms with van der Waals surface area (Å²) in [6.45, 7) is 8.51. The van der Waals surface area contributed by atoms with Gasteiger partial charge in [-0.25, -0.2) is 4.39 Å². The number of likely N-dealkylation sites (tertiary alicyclic amines) is 1. The van der Waals surface area contributed by atoms with Gasteiger partial charge in [-0.1, -0.05) is 58.2 Å². The van der Waals surface area contributed by atoms with Crippen molar-refractivity contribution in [3.63, 3.8) is 0 Å². The maximum atomic E-state index is 15.1. The first-order valence-electron chi connectivity index (χ1n) is 12.5. The first kappa shape index (κ1) is 25.0. The molecule has 35 heavy (non-hydrogen) atoms. The van der Waals surface area contributed by atoms with Gasteiger partial charge in [-0.2, -0.15) is 0 Å². The predicted molar refractivity (Wildman–Crippen MR) is 134 cm³/mol. The van der Waals surface area contributed by atoms with Crippen LogP contribution in [0.5, 0.6) is 5.75 Å². The van der Waals surface area contributed by atoms with E-state index in [1.54, 1.807) is 36.4 Å². The number of ketones is 1. The van der Waals surface area contributed by atoms with Gasteiger partial charge in [-0.3, -0.25) is 9.59 Å². The lowest BCUT2D eigenvalue weighted by Crippen LogP contribution is -2.40. The first-order chi connectivity index (χ1) is 16.6. The number of ether oxygens (including phenoxy) is 1. The van der Waals surface area contributed by atoms with Crippen molar-refractivity contribution in [3.05, 3.63) is 70.5 Å². The maximum Gasteiger partial charge on any atom is 0.295 e. The summed E-state index contributed by atoms with van der Waals surface area (Å²) in [5, 5.41) is 11.5. The minimum absolute atomic E-state index is 0.0605. The Kier molecular flexibility index (Phi) is 7.02.